The van der Waals surface area contributed by atoms with Crippen LogP contribution in [0, 0.1) is 11.8 Å². The molecule has 0 aliphatic rings. The van der Waals surface area contributed by atoms with Crippen LogP contribution in [0.25, 0.3) is 0 Å². The topological polar surface area (TPSA) is 54.9 Å². The lowest BCUT2D eigenvalue weighted by atomic mass is 10.4. The maximum atomic E-state index is 10.5. The van der Waals surface area contributed by atoms with Crippen molar-refractivity contribution in [1.29, 1.82) is 0 Å². The van der Waals surface area contributed by atoms with Crippen LogP contribution in [0.2, 0.25) is 5.02 Å². The minimum Gasteiger partial charge on any atom is -0.355 e. The molecule has 0 atom stereocenters. The summed E-state index contributed by atoms with van der Waals surface area (Å²) in [5, 5.41) is 3.12. The van der Waals surface area contributed by atoms with E-state index < -0.39 is 0 Å². The highest BCUT2D eigenvalue weighted by Gasteiger charge is 1.90. The number of rotatable bonds is 2. The number of hydrogen-bond donors (Lipinski definition) is 1. The van der Waals surface area contributed by atoms with Crippen molar-refractivity contribution >= 4 is 17.5 Å². The van der Waals surface area contributed by atoms with Crippen molar-refractivity contribution in [2.45, 2.75) is 13.3 Å². The molecule has 0 saturated carbocycles. The molecule has 1 aromatic rings. The van der Waals surface area contributed by atoms with Crippen molar-refractivity contribution in [3.05, 3.63) is 23.2 Å². The van der Waals surface area contributed by atoms with Crippen LogP contribution in [0.4, 0.5) is 0 Å². The van der Waals surface area contributed by atoms with Crippen LogP contribution in [-0.4, -0.2) is 22.4 Å². The Hall–Kier alpha value is -1.60. The number of carbonyl (C=O) groups is 1. The van der Waals surface area contributed by atoms with Crippen molar-refractivity contribution in [2.24, 2.45) is 0 Å². The summed E-state index contributed by atoms with van der Waals surface area (Å²) in [6, 6.07) is 0. The lowest BCUT2D eigenvalue weighted by molar-refractivity contribution is -0.118. The van der Waals surface area contributed by atoms with Crippen molar-refractivity contribution in [3.63, 3.8) is 0 Å². The molecule has 0 aliphatic carbocycles. The number of aromatic nitrogens is 2. The lowest BCUT2D eigenvalue weighted by Gasteiger charge is -1.94. The molecule has 0 radical (unpaired) electrons. The molecule has 0 saturated heterocycles. The second-order valence-electron chi connectivity index (χ2n) is 2.76. The fourth-order valence-corrected chi connectivity index (χ4v) is 0.917. The van der Waals surface area contributed by atoms with E-state index in [1.807, 2.05) is 0 Å². The van der Waals surface area contributed by atoms with Crippen molar-refractivity contribution < 1.29 is 4.79 Å². The van der Waals surface area contributed by atoms with Crippen LogP contribution < -0.4 is 5.32 Å². The molecule has 1 rings (SSSR count). The molecule has 0 unspecified atom stereocenters. The Labute approximate surface area is 93.1 Å². The molecule has 0 aromatic carbocycles. The van der Waals surface area contributed by atoms with Gasteiger partial charge in [-0.1, -0.05) is 17.5 Å². The van der Waals surface area contributed by atoms with Gasteiger partial charge in [-0.2, -0.15) is 0 Å². The molecular formula is C10H10ClN3O. The van der Waals surface area contributed by atoms with Gasteiger partial charge in [0.05, 0.1) is 17.4 Å². The predicted molar refractivity (Wildman–Crippen MR) is 57.2 cm³/mol. The van der Waals surface area contributed by atoms with Crippen molar-refractivity contribution in [3.8, 4) is 11.8 Å². The van der Waals surface area contributed by atoms with Crippen LogP contribution in [0.15, 0.2) is 12.4 Å². The van der Waals surface area contributed by atoms with Gasteiger partial charge in [0.15, 0.2) is 0 Å². The van der Waals surface area contributed by atoms with Gasteiger partial charge in [-0.05, 0) is 5.92 Å². The Morgan fingerprint density at radius 2 is 2.20 bits per heavy atom. The molecule has 1 N–H and O–H groups in total. The van der Waals surface area contributed by atoms with Crippen LogP contribution in [0.1, 0.15) is 19.2 Å². The number of nitrogens with one attached hydrogen (secondary N) is 1. The number of hydrogen-bond acceptors (Lipinski definition) is 3. The zero-order valence-electron chi connectivity index (χ0n) is 8.25. The third kappa shape index (κ3) is 4.99. The zero-order chi connectivity index (χ0) is 11.1. The summed E-state index contributed by atoms with van der Waals surface area (Å²) in [6.07, 6.45) is 3.56. The Bertz CT molecular complexity index is 391. The van der Waals surface area contributed by atoms with E-state index in [9.17, 15) is 4.79 Å². The normalized spacial score (nSPS) is 8.93. The molecular weight excluding hydrogens is 214 g/mol. The fraction of sp³-hybridized carbons (Fsp3) is 0.300. The predicted octanol–water partition coefficient (Wildman–Crippen LogP) is 1.01. The average Bonchev–Trinajstić information content (AvgIpc) is 2.20. The number of halogens is 1. The molecule has 78 valence electrons. The Morgan fingerprint density at radius 1 is 1.53 bits per heavy atom. The molecule has 5 heteroatoms. The van der Waals surface area contributed by atoms with Crippen molar-refractivity contribution in [2.75, 3.05) is 6.54 Å². The number of nitrogens with zero attached hydrogens (tertiary/aromatic N) is 2. The van der Waals surface area contributed by atoms with E-state index in [4.69, 9.17) is 11.6 Å². The Kier molecular flexibility index (Phi) is 4.58. The molecule has 0 fully saturated rings. The van der Waals surface area contributed by atoms with Gasteiger partial charge in [0.25, 0.3) is 0 Å². The van der Waals surface area contributed by atoms with E-state index in [1.165, 1.54) is 19.3 Å². The summed E-state index contributed by atoms with van der Waals surface area (Å²) in [6.45, 7) is 2.01. The van der Waals surface area contributed by atoms with E-state index in [0.29, 0.717) is 23.8 Å². The van der Waals surface area contributed by atoms with Crippen LogP contribution >= 0.6 is 11.6 Å². The molecule has 1 amide bonds. The molecule has 1 aromatic heterocycles. The number of carbonyl (C=O) groups excluding carboxylic acids is 1. The molecule has 4 nitrogen and oxygen atoms in total. The van der Waals surface area contributed by atoms with E-state index in [-0.39, 0.29) is 5.91 Å². The quantitative estimate of drug-likeness (QED) is 0.601. The minimum absolute atomic E-state index is 0.0560. The highest BCUT2D eigenvalue weighted by molar-refractivity contribution is 6.30. The van der Waals surface area contributed by atoms with E-state index in [2.05, 4.69) is 27.1 Å². The average molecular weight is 224 g/mol. The third-order valence-electron chi connectivity index (χ3n) is 1.44. The molecule has 0 spiro atoms. The lowest BCUT2D eigenvalue weighted by Crippen LogP contribution is -2.20. The second kappa shape index (κ2) is 5.99. The molecule has 0 aliphatic heterocycles. The Morgan fingerprint density at radius 3 is 2.80 bits per heavy atom. The van der Waals surface area contributed by atoms with Gasteiger partial charge in [0.1, 0.15) is 0 Å². The van der Waals surface area contributed by atoms with E-state index in [1.54, 1.807) is 0 Å². The molecule has 1 heterocycles. The van der Waals surface area contributed by atoms with Gasteiger partial charge in [-0.15, -0.1) is 0 Å². The highest BCUT2D eigenvalue weighted by Crippen LogP contribution is 2.01. The summed E-state index contributed by atoms with van der Waals surface area (Å²) in [5.74, 6) is 5.98. The first-order valence-corrected chi connectivity index (χ1v) is 4.77. The minimum atomic E-state index is -0.0560. The van der Waals surface area contributed by atoms with Gasteiger partial charge in [-0.3, -0.25) is 4.79 Å². The second-order valence-corrected chi connectivity index (χ2v) is 3.20. The smallest absolute Gasteiger partial charge is 0.216 e. The Balaban J connectivity index is 2.38. The van der Waals surface area contributed by atoms with Gasteiger partial charge in [-0.25, -0.2) is 9.97 Å². The third-order valence-corrected chi connectivity index (χ3v) is 1.64. The SMILES string of the molecule is CC(=O)NCCC#Cc1ncc(Cl)cn1. The summed E-state index contributed by atoms with van der Waals surface area (Å²) >= 11 is 5.61. The van der Waals surface area contributed by atoms with Gasteiger partial charge >= 0.3 is 0 Å². The zero-order valence-corrected chi connectivity index (χ0v) is 9.01. The first kappa shape index (κ1) is 11.5. The van der Waals surface area contributed by atoms with E-state index in [0.717, 1.165) is 0 Å². The van der Waals surface area contributed by atoms with Crippen LogP contribution in [0.3, 0.4) is 0 Å². The molecule has 15 heavy (non-hydrogen) atoms. The van der Waals surface area contributed by atoms with Gasteiger partial charge in [0.2, 0.25) is 11.7 Å². The summed E-state index contributed by atoms with van der Waals surface area (Å²) < 4.78 is 0. The largest absolute Gasteiger partial charge is 0.355 e. The van der Waals surface area contributed by atoms with Crippen LogP contribution in [-0.2, 0) is 4.79 Å². The van der Waals surface area contributed by atoms with Gasteiger partial charge < -0.3 is 5.32 Å². The highest BCUT2D eigenvalue weighted by atomic mass is 35.5. The van der Waals surface area contributed by atoms with E-state index >= 15 is 0 Å². The fourth-order valence-electron chi connectivity index (χ4n) is 0.819. The first-order chi connectivity index (χ1) is 7.18. The first-order valence-electron chi connectivity index (χ1n) is 4.39. The molecule has 0 bridgehead atoms. The standard InChI is InChI=1S/C10H10ClN3O/c1-8(15)12-5-3-2-4-10-13-6-9(11)7-14-10/h6-7H,3,5H2,1H3,(H,12,15). The maximum absolute atomic E-state index is 10.5. The summed E-state index contributed by atoms with van der Waals surface area (Å²) in [4.78, 5) is 18.3. The number of amides is 1. The van der Waals surface area contributed by atoms with Crippen LogP contribution in [0.5, 0.6) is 0 Å². The monoisotopic (exact) mass is 223 g/mol. The maximum Gasteiger partial charge on any atom is 0.216 e. The van der Waals surface area contributed by atoms with Crippen molar-refractivity contribution in [1.82, 2.24) is 15.3 Å². The van der Waals surface area contributed by atoms with Gasteiger partial charge in [0, 0.05) is 19.9 Å². The summed E-state index contributed by atoms with van der Waals surface area (Å²) in [7, 11) is 0. The summed E-state index contributed by atoms with van der Waals surface area (Å²) in [5.41, 5.74) is 0.